The fraction of sp³-hybridized carbons (Fsp3) is 0.462. The van der Waals surface area contributed by atoms with Gasteiger partial charge in [0.2, 0.25) is 0 Å². The molecule has 0 N–H and O–H groups in total. The van der Waals surface area contributed by atoms with Gasteiger partial charge < -0.3 is 9.47 Å². The van der Waals surface area contributed by atoms with Crippen molar-refractivity contribution in [1.82, 2.24) is 0 Å². The lowest BCUT2D eigenvalue weighted by Gasteiger charge is -2.20. The quantitative estimate of drug-likeness (QED) is 0.473. The number of non-ortho nitro benzene ring substituents is 1. The van der Waals surface area contributed by atoms with Crippen LogP contribution in [-0.2, 0) is 14.3 Å². The largest absolute Gasteiger partial charge is 0.468 e. The number of esters is 1. The van der Waals surface area contributed by atoms with E-state index in [2.05, 4.69) is 0 Å². The molecule has 0 spiro atoms. The molecule has 2 rings (SSSR count). The Balaban J connectivity index is 2.26. The van der Waals surface area contributed by atoms with E-state index in [0.29, 0.717) is 12.2 Å². The molecule has 0 amide bonds. The molecule has 6 heteroatoms. The molecule has 0 aliphatic carbocycles. The fourth-order valence-corrected chi connectivity index (χ4v) is 2.30. The van der Waals surface area contributed by atoms with Crippen LogP contribution in [0.1, 0.15) is 24.3 Å². The Morgan fingerprint density at radius 3 is 2.63 bits per heavy atom. The molecule has 2 atom stereocenters. The van der Waals surface area contributed by atoms with E-state index in [0.717, 1.165) is 12.8 Å². The summed E-state index contributed by atoms with van der Waals surface area (Å²) in [5.74, 6) is -0.894. The van der Waals surface area contributed by atoms with Crippen molar-refractivity contribution in [3.05, 3.63) is 39.9 Å². The van der Waals surface area contributed by atoms with Crippen LogP contribution < -0.4 is 0 Å². The van der Waals surface area contributed by atoms with Gasteiger partial charge in [-0.05, 0) is 18.4 Å². The van der Waals surface area contributed by atoms with Gasteiger partial charge in [0.15, 0.2) is 0 Å². The highest BCUT2D eigenvalue weighted by atomic mass is 16.6. The number of hydrogen-bond donors (Lipinski definition) is 0. The minimum Gasteiger partial charge on any atom is -0.468 e. The average Bonchev–Trinajstić information content (AvgIpc) is 2.93. The van der Waals surface area contributed by atoms with Crippen LogP contribution in [0.5, 0.6) is 0 Å². The van der Waals surface area contributed by atoms with Gasteiger partial charge in [-0.3, -0.25) is 14.9 Å². The number of methoxy groups -OCH3 is 1. The lowest BCUT2D eigenvalue weighted by Crippen LogP contribution is -2.26. The Morgan fingerprint density at radius 2 is 2.16 bits per heavy atom. The lowest BCUT2D eigenvalue weighted by molar-refractivity contribution is -0.384. The van der Waals surface area contributed by atoms with Crippen molar-refractivity contribution in [2.24, 2.45) is 0 Å². The molecule has 1 aliphatic heterocycles. The zero-order chi connectivity index (χ0) is 13.8. The number of rotatable bonds is 4. The minimum atomic E-state index is -0.520. The maximum Gasteiger partial charge on any atom is 0.315 e. The van der Waals surface area contributed by atoms with E-state index >= 15 is 0 Å². The normalized spacial score (nSPS) is 19.9. The molecule has 0 radical (unpaired) electrons. The Morgan fingerprint density at radius 1 is 1.47 bits per heavy atom. The van der Waals surface area contributed by atoms with Crippen molar-refractivity contribution < 1.29 is 19.2 Å². The Labute approximate surface area is 110 Å². The third-order valence-electron chi connectivity index (χ3n) is 3.25. The molecule has 1 aliphatic rings. The van der Waals surface area contributed by atoms with Crippen LogP contribution in [0.3, 0.4) is 0 Å². The molecule has 1 aromatic rings. The second-order valence-electron chi connectivity index (χ2n) is 4.40. The first kappa shape index (κ1) is 13.5. The third kappa shape index (κ3) is 2.90. The molecule has 1 aromatic carbocycles. The molecule has 0 unspecified atom stereocenters. The molecule has 102 valence electrons. The lowest BCUT2D eigenvalue weighted by atomic mass is 9.91. The van der Waals surface area contributed by atoms with Gasteiger partial charge in [0, 0.05) is 18.7 Å². The highest BCUT2D eigenvalue weighted by Crippen LogP contribution is 2.31. The molecule has 1 fully saturated rings. The number of hydrogen-bond acceptors (Lipinski definition) is 5. The van der Waals surface area contributed by atoms with E-state index in [1.807, 2.05) is 0 Å². The Hall–Kier alpha value is -1.95. The van der Waals surface area contributed by atoms with Crippen LogP contribution in [0, 0.1) is 10.1 Å². The molecule has 19 heavy (non-hydrogen) atoms. The first-order valence-corrected chi connectivity index (χ1v) is 6.07. The smallest absolute Gasteiger partial charge is 0.315 e. The molecule has 0 saturated carbocycles. The van der Waals surface area contributed by atoms with Crippen LogP contribution >= 0.6 is 0 Å². The monoisotopic (exact) mass is 265 g/mol. The molecule has 0 aromatic heterocycles. The molecule has 1 heterocycles. The van der Waals surface area contributed by atoms with Crippen LogP contribution in [0.2, 0.25) is 0 Å². The van der Waals surface area contributed by atoms with E-state index in [9.17, 15) is 14.9 Å². The summed E-state index contributed by atoms with van der Waals surface area (Å²) in [4.78, 5) is 22.0. The second-order valence-corrected chi connectivity index (χ2v) is 4.40. The predicted molar refractivity (Wildman–Crippen MR) is 66.8 cm³/mol. The zero-order valence-corrected chi connectivity index (χ0v) is 10.6. The number of carbonyl (C=O) groups excluding carboxylic acids is 1. The molecule has 6 nitrogen and oxygen atoms in total. The van der Waals surface area contributed by atoms with Gasteiger partial charge in [-0.25, -0.2) is 0 Å². The number of ether oxygens (including phenoxy) is 2. The van der Waals surface area contributed by atoms with Crippen molar-refractivity contribution in [2.45, 2.75) is 24.9 Å². The van der Waals surface area contributed by atoms with Gasteiger partial charge >= 0.3 is 5.97 Å². The predicted octanol–water partition coefficient (Wildman–Crippen LogP) is 2.03. The maximum atomic E-state index is 11.9. The summed E-state index contributed by atoms with van der Waals surface area (Å²) < 4.78 is 10.3. The summed E-state index contributed by atoms with van der Waals surface area (Å²) in [6, 6.07) is 5.95. The number of nitrogens with zero attached hydrogens (tertiary/aromatic N) is 1. The average molecular weight is 265 g/mol. The van der Waals surface area contributed by atoms with Crippen LogP contribution in [0.15, 0.2) is 24.3 Å². The standard InChI is InChI=1S/C13H15NO5/c1-18-13(15)12(11-3-2-8-19-11)9-4-6-10(7-5-9)14(16)17/h4-7,11-12H,2-3,8H2,1H3/t11-,12-/m0/s1. The molecular weight excluding hydrogens is 250 g/mol. The third-order valence-corrected chi connectivity index (χ3v) is 3.25. The number of nitro benzene ring substituents is 1. The van der Waals surface area contributed by atoms with E-state index < -0.39 is 10.8 Å². The fourth-order valence-electron chi connectivity index (χ4n) is 2.30. The van der Waals surface area contributed by atoms with Crippen molar-refractivity contribution in [3.8, 4) is 0 Å². The topological polar surface area (TPSA) is 78.7 Å². The van der Waals surface area contributed by atoms with Crippen LogP contribution in [0.25, 0.3) is 0 Å². The second kappa shape index (κ2) is 5.79. The number of carbonyl (C=O) groups is 1. The summed E-state index contributed by atoms with van der Waals surface area (Å²) in [5, 5.41) is 10.6. The van der Waals surface area contributed by atoms with Crippen molar-refractivity contribution in [1.29, 1.82) is 0 Å². The first-order valence-electron chi connectivity index (χ1n) is 6.07. The summed E-state index contributed by atoms with van der Waals surface area (Å²) in [5.41, 5.74) is 0.684. The zero-order valence-electron chi connectivity index (χ0n) is 10.6. The highest BCUT2D eigenvalue weighted by molar-refractivity contribution is 5.79. The van der Waals surface area contributed by atoms with Crippen LogP contribution in [-0.4, -0.2) is 30.7 Å². The van der Waals surface area contributed by atoms with Gasteiger partial charge in [0.25, 0.3) is 5.69 Å². The minimum absolute atomic E-state index is 0.000272. The summed E-state index contributed by atoms with van der Waals surface area (Å²) >= 11 is 0. The van der Waals surface area contributed by atoms with Gasteiger partial charge in [0.05, 0.1) is 18.1 Å². The molecule has 0 bridgehead atoms. The van der Waals surface area contributed by atoms with Gasteiger partial charge in [-0.2, -0.15) is 0 Å². The molecule has 1 saturated heterocycles. The number of nitro groups is 1. The van der Waals surface area contributed by atoms with Crippen LogP contribution in [0.4, 0.5) is 5.69 Å². The van der Waals surface area contributed by atoms with E-state index in [1.54, 1.807) is 12.1 Å². The molecular formula is C13H15NO5. The first-order chi connectivity index (χ1) is 9.13. The van der Waals surface area contributed by atoms with Gasteiger partial charge in [0.1, 0.15) is 5.92 Å². The number of benzene rings is 1. The summed E-state index contributed by atoms with van der Waals surface area (Å²) in [6.45, 7) is 0.630. The van der Waals surface area contributed by atoms with Gasteiger partial charge in [-0.15, -0.1) is 0 Å². The Kier molecular flexibility index (Phi) is 4.11. The highest BCUT2D eigenvalue weighted by Gasteiger charge is 2.34. The van der Waals surface area contributed by atoms with E-state index in [-0.39, 0.29) is 17.8 Å². The summed E-state index contributed by atoms with van der Waals surface area (Å²) in [6.07, 6.45) is 1.48. The maximum absolute atomic E-state index is 11.9. The van der Waals surface area contributed by atoms with E-state index in [1.165, 1.54) is 19.2 Å². The summed E-state index contributed by atoms with van der Waals surface area (Å²) in [7, 11) is 1.33. The SMILES string of the molecule is COC(=O)[C@@H](c1ccc([N+](=O)[O-])cc1)[C@@H]1CCCO1. The van der Waals surface area contributed by atoms with Crippen molar-refractivity contribution >= 4 is 11.7 Å². The van der Waals surface area contributed by atoms with Crippen molar-refractivity contribution in [2.75, 3.05) is 13.7 Å². The van der Waals surface area contributed by atoms with Crippen molar-refractivity contribution in [3.63, 3.8) is 0 Å². The van der Waals surface area contributed by atoms with E-state index in [4.69, 9.17) is 9.47 Å². The van der Waals surface area contributed by atoms with Gasteiger partial charge in [-0.1, -0.05) is 12.1 Å². The Bertz CT molecular complexity index is 464.